The molecule has 1 aromatic rings. The van der Waals surface area contributed by atoms with Gasteiger partial charge in [0.2, 0.25) is 0 Å². The van der Waals surface area contributed by atoms with Gasteiger partial charge in [-0.3, -0.25) is 0 Å². The molecular weight excluding hydrogens is 235 g/mol. The predicted octanol–water partition coefficient (Wildman–Crippen LogP) is 2.36. The topological polar surface area (TPSA) is 0 Å². The molecule has 0 spiro atoms. The zero-order valence-electron chi connectivity index (χ0n) is 5.68. The lowest BCUT2D eigenvalue weighted by Crippen LogP contribution is -1.96. The zero-order valence-corrected chi connectivity index (χ0v) is 7.84. The van der Waals surface area contributed by atoms with E-state index in [2.05, 4.69) is 28.3 Å². The van der Waals surface area contributed by atoms with Gasteiger partial charge in [-0.2, -0.15) is 0 Å². The maximum absolute atomic E-state index is 2.44. The fourth-order valence-electron chi connectivity index (χ4n) is 1.16. The molecular formula is C9H9I. The summed E-state index contributed by atoms with van der Waals surface area (Å²) in [7, 11) is 0. The summed E-state index contributed by atoms with van der Waals surface area (Å²) in [5.41, 5.74) is 3.05. The van der Waals surface area contributed by atoms with Crippen molar-refractivity contribution in [1.29, 1.82) is 0 Å². The van der Waals surface area contributed by atoms with E-state index in [4.69, 9.17) is 0 Å². The third-order valence-electron chi connectivity index (χ3n) is 1.72. The molecule has 0 unspecified atom stereocenters. The minimum Gasteiger partial charge on any atom is -0.122 e. The Morgan fingerprint density at radius 2 is 2.10 bits per heavy atom. The monoisotopic (exact) mass is 244 g/mol. The Balaban J connectivity index is 2.54. The molecule has 0 saturated carbocycles. The molecule has 1 aromatic carbocycles. The number of aryl methyl sites for hydroxylation is 1. The molecule has 1 aliphatic heterocycles. The summed E-state index contributed by atoms with van der Waals surface area (Å²) < 4.78 is 3.88. The molecule has 1 heteroatoms. The fraction of sp³-hybridized carbons (Fsp3) is 0.222. The van der Waals surface area contributed by atoms with Crippen LogP contribution in [-0.2, 0) is 6.42 Å². The molecule has 0 N–H and O–H groups in total. The summed E-state index contributed by atoms with van der Waals surface area (Å²) in [6.45, 7) is 0. The number of hydrogen-bond donors (Lipinski definition) is 0. The molecule has 1 heterocycles. The van der Waals surface area contributed by atoms with Crippen LogP contribution in [0.4, 0.5) is 0 Å². The highest BCUT2D eigenvalue weighted by Gasteiger charge is 2.00. The third kappa shape index (κ3) is 1.15. The van der Waals surface area contributed by atoms with Gasteiger partial charge in [0.1, 0.15) is 0 Å². The van der Waals surface area contributed by atoms with Crippen molar-refractivity contribution in [2.45, 2.75) is 6.42 Å². The van der Waals surface area contributed by atoms with E-state index in [0.29, 0.717) is 20.7 Å². The van der Waals surface area contributed by atoms with E-state index >= 15 is 0 Å². The fourth-order valence-corrected chi connectivity index (χ4v) is 3.45. The molecule has 0 saturated heterocycles. The van der Waals surface area contributed by atoms with Gasteiger partial charge in [0.15, 0.2) is 0 Å². The van der Waals surface area contributed by atoms with Crippen LogP contribution >= 0.6 is 20.7 Å². The first-order valence-electron chi connectivity index (χ1n) is 3.46. The van der Waals surface area contributed by atoms with Gasteiger partial charge in [0.05, 0.1) is 0 Å². The second-order valence-electron chi connectivity index (χ2n) is 2.40. The standard InChI is InChI=1S/C9H9I/c1-2-4-9-7-10-6-5-8(9)3-1/h1-4,7H,5-6H2. The molecule has 1 aliphatic rings. The molecule has 0 nitrogen and oxygen atoms in total. The lowest BCUT2D eigenvalue weighted by Gasteiger charge is -2.07. The Hall–Kier alpha value is -0.180. The Bertz CT molecular complexity index is 263. The van der Waals surface area contributed by atoms with Gasteiger partial charge >= 0.3 is 0 Å². The maximum atomic E-state index is 2.44. The molecule has 0 amide bonds. The van der Waals surface area contributed by atoms with Crippen LogP contribution in [0.2, 0.25) is 0 Å². The molecule has 2 rings (SSSR count). The van der Waals surface area contributed by atoms with Gasteiger partial charge in [-0.15, -0.1) is 20.7 Å². The van der Waals surface area contributed by atoms with Gasteiger partial charge in [-0.1, -0.05) is 24.3 Å². The van der Waals surface area contributed by atoms with Crippen molar-refractivity contribution in [3.63, 3.8) is 0 Å². The number of halogens is 1. The summed E-state index contributed by atoms with van der Waals surface area (Å²) in [4.78, 5) is 0. The third-order valence-corrected chi connectivity index (χ3v) is 4.00. The second-order valence-corrected chi connectivity index (χ2v) is 4.98. The van der Waals surface area contributed by atoms with Crippen molar-refractivity contribution in [2.24, 2.45) is 0 Å². The maximum Gasteiger partial charge on any atom is -0.00114 e. The largest absolute Gasteiger partial charge is 0.122 e. The number of benzene rings is 1. The van der Waals surface area contributed by atoms with Gasteiger partial charge in [0.25, 0.3) is 0 Å². The van der Waals surface area contributed by atoms with Crippen LogP contribution in [-0.4, -0.2) is 8.44 Å². The Labute approximate surface area is 71.0 Å². The van der Waals surface area contributed by atoms with E-state index in [1.54, 1.807) is 5.56 Å². The molecule has 10 heavy (non-hydrogen) atoms. The van der Waals surface area contributed by atoms with Crippen LogP contribution in [0.5, 0.6) is 0 Å². The first-order valence-corrected chi connectivity index (χ1v) is 6.23. The SMILES string of the molecule is C1=ICCc2ccccc21. The lowest BCUT2D eigenvalue weighted by atomic mass is 10.1. The number of rotatable bonds is 0. The van der Waals surface area contributed by atoms with Crippen LogP contribution < -0.4 is 0 Å². The number of alkyl halides is 1. The van der Waals surface area contributed by atoms with E-state index in [1.165, 1.54) is 16.4 Å². The van der Waals surface area contributed by atoms with Crippen molar-refractivity contribution in [3.05, 3.63) is 35.4 Å². The first-order chi connectivity index (χ1) is 4.97. The molecule has 0 aromatic heterocycles. The quantitative estimate of drug-likeness (QED) is 0.485. The first kappa shape index (κ1) is 6.53. The minimum absolute atomic E-state index is 0.401. The van der Waals surface area contributed by atoms with Gasteiger partial charge < -0.3 is 0 Å². The zero-order chi connectivity index (χ0) is 6.81. The molecule has 0 aliphatic carbocycles. The molecule has 52 valence electrons. The highest BCUT2D eigenvalue weighted by Crippen LogP contribution is 2.16. The molecule has 0 bridgehead atoms. The van der Waals surface area contributed by atoms with Gasteiger partial charge in [-0.05, 0) is 26.0 Å². The normalized spacial score (nSPS) is 15.6. The van der Waals surface area contributed by atoms with E-state index in [-0.39, 0.29) is 0 Å². The Morgan fingerprint density at radius 1 is 1.20 bits per heavy atom. The van der Waals surface area contributed by atoms with E-state index in [1.807, 2.05) is 0 Å². The van der Waals surface area contributed by atoms with Crippen molar-refractivity contribution in [3.8, 4) is 0 Å². The van der Waals surface area contributed by atoms with Crippen LogP contribution in [0.15, 0.2) is 24.3 Å². The summed E-state index contributed by atoms with van der Waals surface area (Å²) in [6, 6.07) is 8.74. The number of hydrogen-bond acceptors (Lipinski definition) is 0. The smallest absolute Gasteiger partial charge is 0.00114 e. The summed E-state index contributed by atoms with van der Waals surface area (Å²) in [5, 5.41) is 0. The van der Waals surface area contributed by atoms with Crippen LogP contribution in [0.1, 0.15) is 11.1 Å². The van der Waals surface area contributed by atoms with Gasteiger partial charge in [-0.25, -0.2) is 0 Å². The summed E-state index contributed by atoms with van der Waals surface area (Å²) >= 11 is 0.401. The average Bonchev–Trinajstić information content (AvgIpc) is 2.05. The highest BCUT2D eigenvalue weighted by atomic mass is 127. The molecule has 0 radical (unpaired) electrons. The van der Waals surface area contributed by atoms with Crippen molar-refractivity contribution in [1.82, 2.24) is 0 Å². The molecule has 0 atom stereocenters. The van der Waals surface area contributed by atoms with Gasteiger partial charge in [0, 0.05) is 0 Å². The van der Waals surface area contributed by atoms with Crippen molar-refractivity contribution >= 4 is 24.7 Å². The summed E-state index contributed by atoms with van der Waals surface area (Å²) in [6.07, 6.45) is 1.32. The summed E-state index contributed by atoms with van der Waals surface area (Å²) in [5.74, 6) is 0. The highest BCUT2D eigenvalue weighted by molar-refractivity contribution is 14.2. The second kappa shape index (κ2) is 2.82. The van der Waals surface area contributed by atoms with Crippen LogP contribution in [0.3, 0.4) is 0 Å². The van der Waals surface area contributed by atoms with E-state index in [0.717, 1.165) is 0 Å². The van der Waals surface area contributed by atoms with Crippen molar-refractivity contribution < 1.29 is 0 Å². The van der Waals surface area contributed by atoms with E-state index < -0.39 is 0 Å². The van der Waals surface area contributed by atoms with Crippen LogP contribution in [0, 0.1) is 0 Å². The van der Waals surface area contributed by atoms with Crippen molar-refractivity contribution in [2.75, 3.05) is 4.43 Å². The Morgan fingerprint density at radius 3 is 3.00 bits per heavy atom. The van der Waals surface area contributed by atoms with E-state index in [9.17, 15) is 0 Å². The average molecular weight is 244 g/mol. The van der Waals surface area contributed by atoms with Crippen LogP contribution in [0.25, 0.3) is 0 Å². The minimum atomic E-state index is 0.401. The predicted molar refractivity (Wildman–Crippen MR) is 54.2 cm³/mol. The lowest BCUT2D eigenvalue weighted by molar-refractivity contribution is 1.17. The Kier molecular flexibility index (Phi) is 1.84. The number of fused-ring (bicyclic) bond motifs is 1. The molecule has 0 fully saturated rings.